The molecular weight excluding hydrogens is 339 g/mol. The summed E-state index contributed by atoms with van der Waals surface area (Å²) in [7, 11) is 0. The summed E-state index contributed by atoms with van der Waals surface area (Å²) in [6, 6.07) is 6.35. The van der Waals surface area contributed by atoms with Crippen molar-refractivity contribution in [1.29, 1.82) is 0 Å². The van der Waals surface area contributed by atoms with Crippen molar-refractivity contribution in [2.45, 2.75) is 38.1 Å². The summed E-state index contributed by atoms with van der Waals surface area (Å²) in [5, 5.41) is 3.97. The van der Waals surface area contributed by atoms with Crippen LogP contribution < -0.4 is 5.32 Å². The first-order valence-electron chi connectivity index (χ1n) is 8.60. The number of nitrogens with one attached hydrogen (secondary N) is 1. The van der Waals surface area contributed by atoms with Gasteiger partial charge in [-0.15, -0.1) is 11.3 Å². The monoisotopic (exact) mass is 358 g/mol. The second kappa shape index (κ2) is 6.96. The van der Waals surface area contributed by atoms with Gasteiger partial charge >= 0.3 is 0 Å². The molecule has 1 amide bonds. The molecule has 2 aliphatic rings. The van der Waals surface area contributed by atoms with E-state index in [1.807, 2.05) is 6.08 Å². The highest BCUT2D eigenvalue weighted by Crippen LogP contribution is 2.38. The molecule has 0 spiro atoms. The van der Waals surface area contributed by atoms with Gasteiger partial charge in [-0.25, -0.2) is 9.37 Å². The lowest BCUT2D eigenvalue weighted by atomic mass is 9.98. The zero-order valence-electron chi connectivity index (χ0n) is 13.8. The van der Waals surface area contributed by atoms with E-state index in [9.17, 15) is 9.18 Å². The Labute approximate surface area is 149 Å². The Kier molecular flexibility index (Phi) is 4.53. The minimum Gasteiger partial charge on any atom is -0.488 e. The van der Waals surface area contributed by atoms with Gasteiger partial charge in [0.05, 0.1) is 23.2 Å². The van der Waals surface area contributed by atoms with Crippen molar-refractivity contribution >= 4 is 17.2 Å². The number of halogens is 1. The van der Waals surface area contributed by atoms with Gasteiger partial charge in [-0.1, -0.05) is 0 Å². The number of thiazole rings is 1. The molecule has 0 radical (unpaired) electrons. The number of hydrogen-bond donors (Lipinski definition) is 1. The van der Waals surface area contributed by atoms with Crippen LogP contribution in [0.1, 0.15) is 42.3 Å². The number of ether oxygens (including phenoxy) is 1. The maximum Gasteiger partial charge on any atom is 0.286 e. The average molecular weight is 358 g/mol. The van der Waals surface area contributed by atoms with Gasteiger partial charge in [0.2, 0.25) is 0 Å². The molecule has 0 bridgehead atoms. The summed E-state index contributed by atoms with van der Waals surface area (Å²) >= 11 is 1.58. The fourth-order valence-electron chi connectivity index (χ4n) is 3.22. The summed E-state index contributed by atoms with van der Waals surface area (Å²) < 4.78 is 18.6. The van der Waals surface area contributed by atoms with Gasteiger partial charge in [-0.05, 0) is 62.4 Å². The van der Waals surface area contributed by atoms with Crippen LogP contribution in [-0.4, -0.2) is 17.5 Å². The third kappa shape index (κ3) is 3.44. The fourth-order valence-corrected chi connectivity index (χ4v) is 4.42. The lowest BCUT2D eigenvalue weighted by molar-refractivity contribution is -0.122. The number of fused-ring (bicyclic) bond motifs is 1. The molecule has 1 atom stereocenters. The first-order valence-corrected chi connectivity index (χ1v) is 9.42. The van der Waals surface area contributed by atoms with Crippen LogP contribution in [-0.2, 0) is 16.0 Å². The average Bonchev–Trinajstić information content (AvgIpc) is 3.08. The maximum absolute atomic E-state index is 13.1. The van der Waals surface area contributed by atoms with Gasteiger partial charge in [-0.3, -0.25) is 4.79 Å². The quantitative estimate of drug-likeness (QED) is 0.897. The predicted octanol–water partition coefficient (Wildman–Crippen LogP) is 4.14. The Bertz CT molecular complexity index is 813. The van der Waals surface area contributed by atoms with Gasteiger partial charge in [0.15, 0.2) is 5.76 Å². The number of benzene rings is 1. The molecule has 1 aromatic heterocycles. The molecule has 0 saturated carbocycles. The molecule has 0 fully saturated rings. The number of aromatic nitrogens is 1. The number of allylic oxidation sites excluding steroid dienone is 1. The number of carbonyl (C=O) groups is 1. The third-order valence-corrected chi connectivity index (χ3v) is 5.77. The van der Waals surface area contributed by atoms with Crippen LogP contribution in [0.15, 0.2) is 36.1 Å². The van der Waals surface area contributed by atoms with Crippen molar-refractivity contribution in [1.82, 2.24) is 10.3 Å². The summed E-state index contributed by atoms with van der Waals surface area (Å²) in [6.45, 7) is 0.602. The van der Waals surface area contributed by atoms with E-state index < -0.39 is 0 Å². The van der Waals surface area contributed by atoms with Crippen molar-refractivity contribution in [3.05, 3.63) is 52.5 Å². The van der Waals surface area contributed by atoms with E-state index in [1.54, 1.807) is 23.5 Å². The second-order valence-electron chi connectivity index (χ2n) is 6.31. The van der Waals surface area contributed by atoms with Crippen molar-refractivity contribution in [2.24, 2.45) is 0 Å². The van der Waals surface area contributed by atoms with Crippen molar-refractivity contribution in [3.8, 4) is 10.6 Å². The van der Waals surface area contributed by atoms with Crippen LogP contribution >= 0.6 is 11.3 Å². The van der Waals surface area contributed by atoms with Gasteiger partial charge in [0.1, 0.15) is 10.8 Å². The molecule has 4 rings (SSSR count). The molecule has 1 N–H and O–H groups in total. The number of amides is 1. The predicted molar refractivity (Wildman–Crippen MR) is 94.6 cm³/mol. The Balaban J connectivity index is 1.56. The van der Waals surface area contributed by atoms with Gasteiger partial charge < -0.3 is 10.1 Å². The SMILES string of the molecule is O=C(NC1CCCc2nc(-c3ccc(F)cc3)sc21)C1=CCCCO1. The second-order valence-corrected chi connectivity index (χ2v) is 7.34. The molecule has 0 saturated heterocycles. The topological polar surface area (TPSA) is 51.2 Å². The lowest BCUT2D eigenvalue weighted by Crippen LogP contribution is -2.32. The van der Waals surface area contributed by atoms with Crippen LogP contribution in [0.4, 0.5) is 4.39 Å². The minimum absolute atomic E-state index is 0.0330. The molecule has 2 aromatic rings. The van der Waals surface area contributed by atoms with E-state index in [4.69, 9.17) is 9.72 Å². The van der Waals surface area contributed by atoms with Crippen LogP contribution in [0, 0.1) is 5.82 Å². The Morgan fingerprint density at radius 1 is 1.28 bits per heavy atom. The highest BCUT2D eigenvalue weighted by Gasteiger charge is 2.27. The summed E-state index contributed by atoms with van der Waals surface area (Å²) in [5.74, 6) is 0.0342. The maximum atomic E-state index is 13.1. The van der Waals surface area contributed by atoms with E-state index >= 15 is 0 Å². The normalized spacial score (nSPS) is 19.6. The smallest absolute Gasteiger partial charge is 0.286 e. The number of aryl methyl sites for hydroxylation is 1. The van der Waals surface area contributed by atoms with E-state index in [0.29, 0.717) is 12.4 Å². The highest BCUT2D eigenvalue weighted by atomic mass is 32.1. The Morgan fingerprint density at radius 3 is 2.88 bits per heavy atom. The molecule has 1 aliphatic heterocycles. The van der Waals surface area contributed by atoms with Crippen LogP contribution in [0.25, 0.3) is 10.6 Å². The van der Waals surface area contributed by atoms with Gasteiger partial charge in [0, 0.05) is 5.56 Å². The van der Waals surface area contributed by atoms with Gasteiger partial charge in [0.25, 0.3) is 5.91 Å². The number of nitrogens with zero attached hydrogens (tertiary/aromatic N) is 1. The van der Waals surface area contributed by atoms with E-state index in [2.05, 4.69) is 5.32 Å². The number of carbonyl (C=O) groups excluding carboxylic acids is 1. The molecule has 6 heteroatoms. The minimum atomic E-state index is -0.254. The molecule has 25 heavy (non-hydrogen) atoms. The molecule has 1 aromatic carbocycles. The molecule has 1 aliphatic carbocycles. The van der Waals surface area contributed by atoms with Crippen molar-refractivity contribution in [3.63, 3.8) is 0 Å². The zero-order chi connectivity index (χ0) is 17.2. The molecular formula is C19H19FN2O2S. The first kappa shape index (κ1) is 16.3. The van der Waals surface area contributed by atoms with Crippen molar-refractivity contribution in [2.75, 3.05) is 6.61 Å². The van der Waals surface area contributed by atoms with E-state index in [-0.39, 0.29) is 17.8 Å². The molecule has 4 nitrogen and oxygen atoms in total. The first-order chi connectivity index (χ1) is 12.2. The largest absolute Gasteiger partial charge is 0.488 e. The van der Waals surface area contributed by atoms with Crippen LogP contribution in [0.3, 0.4) is 0 Å². The van der Waals surface area contributed by atoms with E-state index in [0.717, 1.165) is 53.2 Å². The lowest BCUT2D eigenvalue weighted by Gasteiger charge is -2.23. The Hall–Kier alpha value is -2.21. The number of rotatable bonds is 3. The number of hydrogen-bond acceptors (Lipinski definition) is 4. The standard InChI is InChI=1S/C19H19FN2O2S/c20-13-9-7-12(8-10-13)19-22-15-5-3-4-14(17(15)25-19)21-18(23)16-6-1-2-11-24-16/h6-10,14H,1-5,11H2,(H,21,23). The summed E-state index contributed by atoms with van der Waals surface area (Å²) in [6.07, 6.45) is 6.51. The summed E-state index contributed by atoms with van der Waals surface area (Å²) in [5.41, 5.74) is 1.95. The van der Waals surface area contributed by atoms with Crippen molar-refractivity contribution < 1.29 is 13.9 Å². The molecule has 1 unspecified atom stereocenters. The molecule has 130 valence electrons. The van der Waals surface area contributed by atoms with E-state index in [1.165, 1.54) is 12.1 Å². The summed E-state index contributed by atoms with van der Waals surface area (Å²) in [4.78, 5) is 18.3. The van der Waals surface area contributed by atoms with Crippen LogP contribution in [0.2, 0.25) is 0 Å². The highest BCUT2D eigenvalue weighted by molar-refractivity contribution is 7.15. The fraction of sp³-hybridized carbons (Fsp3) is 0.368. The Morgan fingerprint density at radius 2 is 2.12 bits per heavy atom. The zero-order valence-corrected chi connectivity index (χ0v) is 14.6. The van der Waals surface area contributed by atoms with Gasteiger partial charge in [-0.2, -0.15) is 0 Å². The third-order valence-electron chi connectivity index (χ3n) is 4.51. The van der Waals surface area contributed by atoms with Crippen LogP contribution in [0.5, 0.6) is 0 Å². The molecule has 2 heterocycles.